The van der Waals surface area contributed by atoms with Gasteiger partial charge in [0.2, 0.25) is 5.91 Å². The number of carbonyl (C=O) groups is 1. The van der Waals surface area contributed by atoms with E-state index in [2.05, 4.69) is 10.3 Å². The monoisotopic (exact) mass is 355 g/mol. The summed E-state index contributed by atoms with van der Waals surface area (Å²) >= 11 is 0. The summed E-state index contributed by atoms with van der Waals surface area (Å²) in [5.74, 6) is 0.773. The van der Waals surface area contributed by atoms with Gasteiger partial charge < -0.3 is 10.2 Å². The molecule has 1 aromatic rings. The molecule has 2 aliphatic rings. The van der Waals surface area contributed by atoms with Gasteiger partial charge in [-0.15, -0.1) is 0 Å². The number of rotatable bonds is 4. The van der Waals surface area contributed by atoms with E-state index in [9.17, 15) is 18.0 Å². The summed E-state index contributed by atoms with van der Waals surface area (Å²) in [6.45, 7) is 1.27. The van der Waals surface area contributed by atoms with Crippen LogP contribution < -0.4 is 10.2 Å². The number of aromatic nitrogens is 1. The first-order valence-corrected chi connectivity index (χ1v) is 9.00. The number of pyridine rings is 1. The van der Waals surface area contributed by atoms with Gasteiger partial charge in [0.1, 0.15) is 11.5 Å². The van der Waals surface area contributed by atoms with Gasteiger partial charge in [-0.3, -0.25) is 4.79 Å². The molecule has 2 heterocycles. The molecule has 0 bridgehead atoms. The molecule has 2 fully saturated rings. The van der Waals surface area contributed by atoms with Crippen molar-refractivity contribution in [3.05, 3.63) is 23.9 Å². The zero-order chi connectivity index (χ0) is 17.9. The number of nitrogens with one attached hydrogen (secondary N) is 1. The number of amides is 1. The van der Waals surface area contributed by atoms with Crippen LogP contribution in [0.2, 0.25) is 0 Å². The van der Waals surface area contributed by atoms with Crippen LogP contribution >= 0.6 is 0 Å². The number of halogens is 3. The van der Waals surface area contributed by atoms with Crippen molar-refractivity contribution in [3.8, 4) is 0 Å². The number of anilines is 1. The van der Waals surface area contributed by atoms with Gasteiger partial charge >= 0.3 is 6.18 Å². The van der Waals surface area contributed by atoms with E-state index in [1.54, 1.807) is 6.07 Å². The molecular formula is C18H24F3N3O. The first kappa shape index (κ1) is 18.0. The number of hydrogen-bond donors (Lipinski definition) is 1. The number of hydrogen-bond acceptors (Lipinski definition) is 3. The maximum Gasteiger partial charge on any atom is 0.433 e. The molecule has 0 atom stereocenters. The second kappa shape index (κ2) is 7.62. The Hall–Kier alpha value is -1.79. The summed E-state index contributed by atoms with van der Waals surface area (Å²) in [5.41, 5.74) is -0.858. The largest absolute Gasteiger partial charge is 0.433 e. The Balaban J connectivity index is 1.49. The molecule has 1 amide bonds. The first-order valence-electron chi connectivity index (χ1n) is 9.00. The Morgan fingerprint density at radius 3 is 2.48 bits per heavy atom. The molecular weight excluding hydrogens is 331 g/mol. The van der Waals surface area contributed by atoms with E-state index in [4.69, 9.17) is 0 Å². The van der Waals surface area contributed by atoms with Crippen molar-refractivity contribution < 1.29 is 18.0 Å². The predicted molar refractivity (Wildman–Crippen MR) is 89.2 cm³/mol. The van der Waals surface area contributed by atoms with Crippen LogP contribution in [0.1, 0.15) is 50.6 Å². The summed E-state index contributed by atoms with van der Waals surface area (Å²) in [6.07, 6.45) is 2.22. The third kappa shape index (κ3) is 4.86. The van der Waals surface area contributed by atoms with Gasteiger partial charge in [-0.2, -0.15) is 13.2 Å². The van der Waals surface area contributed by atoms with Crippen molar-refractivity contribution in [1.82, 2.24) is 10.3 Å². The van der Waals surface area contributed by atoms with Crippen molar-refractivity contribution in [1.29, 1.82) is 0 Å². The smallest absolute Gasteiger partial charge is 0.357 e. The van der Waals surface area contributed by atoms with E-state index >= 15 is 0 Å². The highest BCUT2D eigenvalue weighted by atomic mass is 19.4. The van der Waals surface area contributed by atoms with Crippen LogP contribution in [0.15, 0.2) is 18.2 Å². The Labute approximate surface area is 145 Å². The summed E-state index contributed by atoms with van der Waals surface area (Å²) in [5, 5.41) is 3.10. The minimum absolute atomic E-state index is 0.113. The van der Waals surface area contributed by atoms with Crippen LogP contribution in [0, 0.1) is 5.92 Å². The lowest BCUT2D eigenvalue weighted by atomic mass is 9.93. The van der Waals surface area contributed by atoms with Crippen LogP contribution in [0.4, 0.5) is 19.0 Å². The fraction of sp³-hybridized carbons (Fsp3) is 0.667. The van der Waals surface area contributed by atoms with Crippen LogP contribution in [0.3, 0.4) is 0 Å². The summed E-state index contributed by atoms with van der Waals surface area (Å²) in [6, 6.07) is 4.33. The fourth-order valence-corrected chi connectivity index (χ4v) is 3.74. The molecule has 1 aliphatic heterocycles. The molecule has 138 valence electrons. The lowest BCUT2D eigenvalue weighted by molar-refractivity contribution is -0.141. The molecule has 25 heavy (non-hydrogen) atoms. The maximum atomic E-state index is 12.8. The van der Waals surface area contributed by atoms with Crippen LogP contribution in [0.25, 0.3) is 0 Å². The van der Waals surface area contributed by atoms with Crippen molar-refractivity contribution >= 4 is 11.7 Å². The Morgan fingerprint density at radius 1 is 1.16 bits per heavy atom. The molecule has 3 rings (SSSR count). The molecule has 0 radical (unpaired) electrons. The topological polar surface area (TPSA) is 45.2 Å². The lowest BCUT2D eigenvalue weighted by Gasteiger charge is -2.33. The van der Waals surface area contributed by atoms with E-state index in [0.717, 1.165) is 31.7 Å². The van der Waals surface area contributed by atoms with E-state index in [0.29, 0.717) is 37.3 Å². The highest BCUT2D eigenvalue weighted by Gasteiger charge is 2.33. The van der Waals surface area contributed by atoms with Gasteiger partial charge in [0.05, 0.1) is 0 Å². The average Bonchev–Trinajstić information content (AvgIpc) is 3.08. The van der Waals surface area contributed by atoms with Crippen molar-refractivity contribution in [2.24, 2.45) is 5.92 Å². The number of carbonyl (C=O) groups excluding carboxylic acids is 1. The van der Waals surface area contributed by atoms with Crippen LogP contribution in [0.5, 0.6) is 0 Å². The Kier molecular flexibility index (Phi) is 5.49. The molecule has 1 aromatic heterocycles. The van der Waals surface area contributed by atoms with Gasteiger partial charge in [0.15, 0.2) is 0 Å². The Morgan fingerprint density at radius 2 is 1.84 bits per heavy atom. The lowest BCUT2D eigenvalue weighted by Crippen LogP contribution is -2.38. The van der Waals surface area contributed by atoms with E-state index in [1.165, 1.54) is 18.9 Å². The molecule has 1 saturated carbocycles. The Bertz CT molecular complexity index is 591. The minimum atomic E-state index is -4.42. The summed E-state index contributed by atoms with van der Waals surface area (Å²) in [7, 11) is 0. The molecule has 0 unspecified atom stereocenters. The third-order valence-corrected chi connectivity index (χ3v) is 5.16. The molecule has 0 spiro atoms. The molecule has 7 heteroatoms. The molecule has 4 nitrogen and oxygen atoms in total. The molecule has 1 aliphatic carbocycles. The zero-order valence-corrected chi connectivity index (χ0v) is 14.2. The maximum absolute atomic E-state index is 12.8. The average molecular weight is 355 g/mol. The van der Waals surface area contributed by atoms with Gasteiger partial charge in [-0.25, -0.2) is 4.98 Å². The van der Waals surface area contributed by atoms with Crippen molar-refractivity contribution in [2.45, 2.75) is 57.2 Å². The number of piperidine rings is 1. The number of nitrogens with zero attached hydrogens (tertiary/aromatic N) is 2. The predicted octanol–water partition coefficient (Wildman–Crippen LogP) is 3.77. The second-order valence-electron chi connectivity index (χ2n) is 7.06. The normalized spacial score (nSPS) is 20.0. The molecule has 1 N–H and O–H groups in total. The number of alkyl halides is 3. The van der Waals surface area contributed by atoms with Crippen molar-refractivity contribution in [2.75, 3.05) is 18.0 Å². The standard InChI is InChI=1S/C18H24F3N3O/c19-18(20,21)15-6-3-7-16(23-15)24-10-8-13(9-11-24)12-17(25)22-14-4-1-2-5-14/h3,6-7,13-14H,1-2,4-5,8-12H2,(H,22,25). The SMILES string of the molecule is O=C(CC1CCN(c2cccc(C(F)(F)F)n2)CC1)NC1CCCC1. The molecule has 1 saturated heterocycles. The highest BCUT2D eigenvalue weighted by molar-refractivity contribution is 5.76. The van der Waals surface area contributed by atoms with E-state index < -0.39 is 11.9 Å². The quantitative estimate of drug-likeness (QED) is 0.894. The molecule has 0 aromatic carbocycles. The van der Waals surface area contributed by atoms with Crippen LogP contribution in [-0.2, 0) is 11.0 Å². The third-order valence-electron chi connectivity index (χ3n) is 5.16. The summed E-state index contributed by atoms with van der Waals surface area (Å²) in [4.78, 5) is 17.7. The van der Waals surface area contributed by atoms with Gasteiger partial charge in [0.25, 0.3) is 0 Å². The van der Waals surface area contributed by atoms with E-state index in [-0.39, 0.29) is 5.91 Å². The zero-order valence-electron chi connectivity index (χ0n) is 14.2. The second-order valence-corrected chi connectivity index (χ2v) is 7.06. The minimum Gasteiger partial charge on any atom is -0.357 e. The first-order chi connectivity index (χ1) is 11.9. The summed E-state index contributed by atoms with van der Waals surface area (Å²) < 4.78 is 38.3. The highest BCUT2D eigenvalue weighted by Crippen LogP contribution is 2.30. The van der Waals surface area contributed by atoms with Crippen molar-refractivity contribution in [3.63, 3.8) is 0 Å². The van der Waals surface area contributed by atoms with Gasteiger partial charge in [-0.05, 0) is 43.7 Å². The van der Waals surface area contributed by atoms with Crippen LogP contribution in [-0.4, -0.2) is 30.0 Å². The van der Waals surface area contributed by atoms with Gasteiger partial charge in [-0.1, -0.05) is 18.9 Å². The van der Waals surface area contributed by atoms with E-state index in [1.807, 2.05) is 4.90 Å². The van der Waals surface area contributed by atoms with Gasteiger partial charge in [0, 0.05) is 25.6 Å². The fourth-order valence-electron chi connectivity index (χ4n) is 3.74.